The summed E-state index contributed by atoms with van der Waals surface area (Å²) in [5.41, 5.74) is 2.57. The summed E-state index contributed by atoms with van der Waals surface area (Å²) in [6.07, 6.45) is 3.26. The van der Waals surface area contributed by atoms with Gasteiger partial charge in [-0.05, 0) is 37.6 Å². The third-order valence-electron chi connectivity index (χ3n) is 2.70. The number of benzene rings is 1. The van der Waals surface area contributed by atoms with E-state index in [0.29, 0.717) is 23.4 Å². The lowest BCUT2D eigenvalue weighted by atomic mass is 10.1. The van der Waals surface area contributed by atoms with Crippen LogP contribution in [-0.2, 0) is 6.54 Å². The molecule has 1 heterocycles. The molecule has 5 heteroatoms. The Morgan fingerprint density at radius 1 is 1.26 bits per heavy atom. The maximum absolute atomic E-state index is 12.9. The second-order valence-electron chi connectivity index (χ2n) is 4.29. The number of carbonyl (C=O) groups excluding carboxylic acids is 1. The second-order valence-corrected chi connectivity index (χ2v) is 4.29. The fourth-order valence-corrected chi connectivity index (χ4v) is 1.66. The number of carbonyl (C=O) groups is 1. The highest BCUT2D eigenvalue weighted by Gasteiger charge is 2.09. The average molecular weight is 259 g/mol. The molecule has 0 fully saturated rings. The Bertz CT molecular complexity index is 596. The summed E-state index contributed by atoms with van der Waals surface area (Å²) in [7, 11) is 0. The molecule has 1 N–H and O–H groups in total. The highest BCUT2D eigenvalue weighted by atomic mass is 19.1. The highest BCUT2D eigenvalue weighted by Crippen LogP contribution is 2.10. The van der Waals surface area contributed by atoms with Crippen molar-refractivity contribution in [3.63, 3.8) is 0 Å². The molecule has 1 aromatic carbocycles. The predicted octanol–water partition coefficient (Wildman–Crippen LogP) is 2.16. The molecule has 1 aromatic heterocycles. The zero-order valence-corrected chi connectivity index (χ0v) is 10.8. The Balaban J connectivity index is 2.03. The van der Waals surface area contributed by atoms with E-state index in [1.165, 1.54) is 18.2 Å². The van der Waals surface area contributed by atoms with Crippen LogP contribution in [0, 0.1) is 19.7 Å². The predicted molar refractivity (Wildman–Crippen MR) is 69.1 cm³/mol. The first-order chi connectivity index (χ1) is 9.06. The molecule has 0 bridgehead atoms. The molecule has 0 aliphatic carbocycles. The minimum atomic E-state index is -0.349. The first-order valence-electron chi connectivity index (χ1n) is 5.88. The van der Waals surface area contributed by atoms with Crippen LogP contribution in [-0.4, -0.2) is 15.9 Å². The summed E-state index contributed by atoms with van der Waals surface area (Å²) in [5, 5.41) is 2.73. The minimum absolute atomic E-state index is 0.250. The molecule has 19 heavy (non-hydrogen) atoms. The van der Waals surface area contributed by atoms with E-state index in [0.717, 1.165) is 5.69 Å². The van der Waals surface area contributed by atoms with Gasteiger partial charge in [0.25, 0.3) is 5.91 Å². The molecule has 0 atom stereocenters. The number of hydrogen-bond donors (Lipinski definition) is 1. The van der Waals surface area contributed by atoms with Gasteiger partial charge < -0.3 is 5.32 Å². The maximum atomic E-state index is 12.9. The summed E-state index contributed by atoms with van der Waals surface area (Å²) < 4.78 is 12.9. The van der Waals surface area contributed by atoms with Gasteiger partial charge in [0.05, 0.1) is 24.1 Å². The van der Waals surface area contributed by atoms with Crippen LogP contribution in [0.1, 0.15) is 27.3 Å². The third-order valence-corrected chi connectivity index (χ3v) is 2.70. The van der Waals surface area contributed by atoms with Gasteiger partial charge in [-0.2, -0.15) is 0 Å². The summed E-state index contributed by atoms with van der Waals surface area (Å²) >= 11 is 0. The first kappa shape index (κ1) is 13.1. The maximum Gasteiger partial charge on any atom is 0.251 e. The SMILES string of the molecule is Cc1cnc(CNC(=O)c2ccc(F)cc2C)cn1. The Kier molecular flexibility index (Phi) is 3.85. The van der Waals surface area contributed by atoms with Crippen molar-refractivity contribution in [2.24, 2.45) is 0 Å². The second kappa shape index (κ2) is 5.56. The van der Waals surface area contributed by atoms with Crippen LogP contribution in [0.25, 0.3) is 0 Å². The number of amides is 1. The molecule has 1 amide bonds. The summed E-state index contributed by atoms with van der Waals surface area (Å²) in [6, 6.07) is 4.08. The fraction of sp³-hybridized carbons (Fsp3) is 0.214. The minimum Gasteiger partial charge on any atom is -0.346 e. The van der Waals surface area contributed by atoms with Crippen LogP contribution in [0.15, 0.2) is 30.6 Å². The number of aryl methyl sites for hydroxylation is 2. The number of rotatable bonds is 3. The number of aromatic nitrogens is 2. The number of hydrogen-bond acceptors (Lipinski definition) is 3. The lowest BCUT2D eigenvalue weighted by Crippen LogP contribution is -2.24. The molecule has 4 nitrogen and oxygen atoms in total. The van der Waals surface area contributed by atoms with Crippen molar-refractivity contribution in [3.05, 3.63) is 58.9 Å². The standard InChI is InChI=1S/C14H14FN3O/c1-9-5-11(15)3-4-13(9)14(19)18-8-12-7-16-10(2)6-17-12/h3-7H,8H2,1-2H3,(H,18,19). The Hall–Kier alpha value is -2.30. The zero-order valence-electron chi connectivity index (χ0n) is 10.8. The van der Waals surface area contributed by atoms with E-state index >= 15 is 0 Å². The molecule has 0 spiro atoms. The van der Waals surface area contributed by atoms with E-state index in [9.17, 15) is 9.18 Å². The van der Waals surface area contributed by atoms with Crippen molar-refractivity contribution in [1.82, 2.24) is 15.3 Å². The van der Waals surface area contributed by atoms with Crippen LogP contribution in [0.4, 0.5) is 4.39 Å². The van der Waals surface area contributed by atoms with E-state index in [2.05, 4.69) is 15.3 Å². The monoisotopic (exact) mass is 259 g/mol. The lowest BCUT2D eigenvalue weighted by Gasteiger charge is -2.07. The van der Waals surface area contributed by atoms with E-state index in [1.807, 2.05) is 6.92 Å². The smallest absolute Gasteiger partial charge is 0.251 e. The van der Waals surface area contributed by atoms with Crippen molar-refractivity contribution in [3.8, 4) is 0 Å². The lowest BCUT2D eigenvalue weighted by molar-refractivity contribution is 0.0949. The molecule has 98 valence electrons. The van der Waals surface area contributed by atoms with Crippen molar-refractivity contribution >= 4 is 5.91 Å². The van der Waals surface area contributed by atoms with Gasteiger partial charge in [-0.15, -0.1) is 0 Å². The van der Waals surface area contributed by atoms with Gasteiger partial charge in [-0.25, -0.2) is 4.39 Å². The molecule has 0 saturated heterocycles. The van der Waals surface area contributed by atoms with Crippen molar-refractivity contribution in [2.75, 3.05) is 0 Å². The normalized spacial score (nSPS) is 10.3. The summed E-state index contributed by atoms with van der Waals surface area (Å²) in [4.78, 5) is 20.2. The van der Waals surface area contributed by atoms with E-state index in [4.69, 9.17) is 0 Å². The van der Waals surface area contributed by atoms with E-state index in [1.54, 1.807) is 19.3 Å². The zero-order chi connectivity index (χ0) is 13.8. The van der Waals surface area contributed by atoms with Crippen LogP contribution in [0.3, 0.4) is 0 Å². The summed E-state index contributed by atoms with van der Waals surface area (Å²) in [6.45, 7) is 3.84. The molecule has 2 aromatic rings. The van der Waals surface area contributed by atoms with E-state index in [-0.39, 0.29) is 11.7 Å². The van der Waals surface area contributed by atoms with Crippen molar-refractivity contribution in [1.29, 1.82) is 0 Å². The van der Waals surface area contributed by atoms with Gasteiger partial charge in [0.1, 0.15) is 5.82 Å². The average Bonchev–Trinajstić information content (AvgIpc) is 2.37. The Morgan fingerprint density at radius 3 is 2.68 bits per heavy atom. The molecular formula is C14H14FN3O. The highest BCUT2D eigenvalue weighted by molar-refractivity contribution is 5.95. The first-order valence-corrected chi connectivity index (χ1v) is 5.88. The van der Waals surface area contributed by atoms with Gasteiger partial charge in [-0.1, -0.05) is 0 Å². The molecule has 0 aliphatic rings. The molecule has 0 unspecified atom stereocenters. The van der Waals surface area contributed by atoms with Gasteiger partial charge in [0.15, 0.2) is 0 Å². The quantitative estimate of drug-likeness (QED) is 0.919. The van der Waals surface area contributed by atoms with Crippen molar-refractivity contribution in [2.45, 2.75) is 20.4 Å². The number of halogens is 1. The van der Waals surface area contributed by atoms with E-state index < -0.39 is 0 Å². The number of nitrogens with zero attached hydrogens (tertiary/aromatic N) is 2. The Labute approximate surface area is 110 Å². The topological polar surface area (TPSA) is 54.9 Å². The van der Waals surface area contributed by atoms with Crippen LogP contribution < -0.4 is 5.32 Å². The van der Waals surface area contributed by atoms with Gasteiger partial charge in [0, 0.05) is 11.8 Å². The van der Waals surface area contributed by atoms with Crippen LogP contribution in [0.2, 0.25) is 0 Å². The third kappa shape index (κ3) is 3.34. The number of nitrogens with one attached hydrogen (secondary N) is 1. The summed E-state index contributed by atoms with van der Waals surface area (Å²) in [5.74, 6) is -0.599. The Morgan fingerprint density at radius 2 is 2.05 bits per heavy atom. The van der Waals surface area contributed by atoms with Gasteiger partial charge in [-0.3, -0.25) is 14.8 Å². The van der Waals surface area contributed by atoms with Crippen LogP contribution >= 0.6 is 0 Å². The molecular weight excluding hydrogens is 245 g/mol. The molecule has 0 radical (unpaired) electrons. The molecule has 0 aliphatic heterocycles. The van der Waals surface area contributed by atoms with Gasteiger partial charge >= 0.3 is 0 Å². The fourth-order valence-electron chi connectivity index (χ4n) is 1.66. The molecule has 0 saturated carbocycles. The van der Waals surface area contributed by atoms with Crippen LogP contribution in [0.5, 0.6) is 0 Å². The van der Waals surface area contributed by atoms with Gasteiger partial charge in [0.2, 0.25) is 0 Å². The molecule has 2 rings (SSSR count). The largest absolute Gasteiger partial charge is 0.346 e. The van der Waals surface area contributed by atoms with Crippen molar-refractivity contribution < 1.29 is 9.18 Å².